The van der Waals surface area contributed by atoms with E-state index in [0.29, 0.717) is 17.1 Å². The second kappa shape index (κ2) is 4.88. The van der Waals surface area contributed by atoms with E-state index in [1.165, 1.54) is 6.42 Å². The van der Waals surface area contributed by atoms with Crippen molar-refractivity contribution in [3.8, 4) is 0 Å². The van der Waals surface area contributed by atoms with Crippen LogP contribution in [-0.2, 0) is 0 Å². The first kappa shape index (κ1) is 10.9. The Hall–Kier alpha value is -0.190. The summed E-state index contributed by atoms with van der Waals surface area (Å²) in [5.41, 5.74) is 5.49. The van der Waals surface area contributed by atoms with Gasteiger partial charge in [-0.25, -0.2) is 0 Å². The molecule has 0 bridgehead atoms. The van der Waals surface area contributed by atoms with E-state index in [2.05, 4.69) is 11.8 Å². The van der Waals surface area contributed by atoms with Gasteiger partial charge in [-0.3, -0.25) is 4.90 Å². The van der Waals surface area contributed by atoms with Crippen molar-refractivity contribution in [1.29, 1.82) is 0 Å². The van der Waals surface area contributed by atoms with Crippen LogP contribution in [0, 0.1) is 0 Å². The Labute approximate surface area is 84.9 Å². The summed E-state index contributed by atoms with van der Waals surface area (Å²) >= 11 is 4.87. The molecule has 1 aliphatic heterocycles. The zero-order valence-electron chi connectivity index (χ0n) is 8.07. The molecule has 0 amide bonds. The van der Waals surface area contributed by atoms with Gasteiger partial charge in [0, 0.05) is 18.5 Å². The van der Waals surface area contributed by atoms with E-state index in [-0.39, 0.29) is 6.61 Å². The van der Waals surface area contributed by atoms with Crippen LogP contribution >= 0.6 is 12.2 Å². The van der Waals surface area contributed by atoms with Gasteiger partial charge >= 0.3 is 0 Å². The van der Waals surface area contributed by atoms with Gasteiger partial charge in [0.25, 0.3) is 0 Å². The first-order chi connectivity index (χ1) is 6.15. The lowest BCUT2D eigenvalue weighted by Crippen LogP contribution is -2.40. The Morgan fingerprint density at radius 3 is 3.00 bits per heavy atom. The summed E-state index contributed by atoms with van der Waals surface area (Å²) in [4.78, 5) is 2.87. The van der Waals surface area contributed by atoms with Gasteiger partial charge in [0.2, 0.25) is 0 Å². The van der Waals surface area contributed by atoms with Crippen LogP contribution in [0.1, 0.15) is 26.2 Å². The SMILES string of the molecule is CC(CC(N)=S)N1CCCC1CO. The lowest BCUT2D eigenvalue weighted by atomic mass is 10.1. The molecule has 3 nitrogen and oxygen atoms in total. The number of nitrogens with zero attached hydrogens (tertiary/aromatic N) is 1. The molecule has 1 fully saturated rings. The van der Waals surface area contributed by atoms with Gasteiger partial charge in [-0.05, 0) is 26.3 Å². The second-order valence-corrected chi connectivity index (χ2v) is 4.26. The summed E-state index contributed by atoms with van der Waals surface area (Å²) in [5, 5.41) is 9.11. The number of thiocarbonyl (C=S) groups is 1. The molecule has 0 saturated carbocycles. The minimum absolute atomic E-state index is 0.252. The fraction of sp³-hybridized carbons (Fsp3) is 0.889. The molecule has 1 saturated heterocycles. The van der Waals surface area contributed by atoms with E-state index in [1.807, 2.05) is 0 Å². The van der Waals surface area contributed by atoms with E-state index >= 15 is 0 Å². The molecule has 1 heterocycles. The molecule has 2 unspecified atom stereocenters. The molecule has 13 heavy (non-hydrogen) atoms. The van der Waals surface area contributed by atoms with Crippen LogP contribution in [0.25, 0.3) is 0 Å². The molecule has 2 atom stereocenters. The fourth-order valence-electron chi connectivity index (χ4n) is 2.04. The molecule has 0 aromatic carbocycles. The smallest absolute Gasteiger partial charge is 0.0742 e. The van der Waals surface area contributed by atoms with Crippen molar-refractivity contribution >= 4 is 17.2 Å². The van der Waals surface area contributed by atoms with Crippen molar-refractivity contribution in [2.75, 3.05) is 13.2 Å². The van der Waals surface area contributed by atoms with E-state index in [4.69, 9.17) is 23.1 Å². The quantitative estimate of drug-likeness (QED) is 0.652. The fourth-order valence-corrected chi connectivity index (χ4v) is 2.28. The van der Waals surface area contributed by atoms with Crippen LogP contribution in [0.3, 0.4) is 0 Å². The molecule has 0 aliphatic carbocycles. The second-order valence-electron chi connectivity index (χ2n) is 3.74. The van der Waals surface area contributed by atoms with E-state index in [9.17, 15) is 0 Å². The van der Waals surface area contributed by atoms with Crippen LogP contribution in [0.4, 0.5) is 0 Å². The average molecular weight is 202 g/mol. The maximum Gasteiger partial charge on any atom is 0.0742 e. The van der Waals surface area contributed by atoms with Gasteiger partial charge in [-0.15, -0.1) is 0 Å². The van der Waals surface area contributed by atoms with Crippen LogP contribution in [0.2, 0.25) is 0 Å². The average Bonchev–Trinajstić information content (AvgIpc) is 2.49. The summed E-state index contributed by atoms with van der Waals surface area (Å²) in [6, 6.07) is 0.696. The third-order valence-corrected chi connectivity index (χ3v) is 2.86. The first-order valence-electron chi connectivity index (χ1n) is 4.80. The van der Waals surface area contributed by atoms with Crippen LogP contribution in [-0.4, -0.2) is 40.2 Å². The van der Waals surface area contributed by atoms with Crippen LogP contribution in [0.5, 0.6) is 0 Å². The number of nitrogens with two attached hydrogens (primary N) is 1. The maximum atomic E-state index is 9.11. The van der Waals surface area contributed by atoms with E-state index in [1.54, 1.807) is 0 Å². The number of hydrogen-bond donors (Lipinski definition) is 2. The summed E-state index contributed by atoms with van der Waals surface area (Å²) in [6.07, 6.45) is 3.02. The molecule has 0 spiro atoms. The molecule has 76 valence electrons. The molecule has 0 radical (unpaired) electrons. The van der Waals surface area contributed by atoms with Crippen molar-refractivity contribution in [2.45, 2.75) is 38.3 Å². The third-order valence-electron chi connectivity index (χ3n) is 2.70. The zero-order chi connectivity index (χ0) is 9.84. The highest BCUT2D eigenvalue weighted by Crippen LogP contribution is 2.20. The number of rotatable bonds is 4. The summed E-state index contributed by atoms with van der Waals surface area (Å²) in [6.45, 7) is 3.43. The summed E-state index contributed by atoms with van der Waals surface area (Å²) in [5.74, 6) is 0. The standard InChI is InChI=1S/C9H18N2OS/c1-7(5-9(10)13)11-4-2-3-8(11)6-12/h7-8,12H,2-6H2,1H3,(H2,10,13). The predicted octanol–water partition coefficient (Wildman–Crippen LogP) is 0.508. The number of hydrogen-bond acceptors (Lipinski definition) is 3. The van der Waals surface area contributed by atoms with Crippen LogP contribution < -0.4 is 5.73 Å². The molecule has 0 aromatic rings. The predicted molar refractivity (Wildman–Crippen MR) is 57.7 cm³/mol. The molecule has 1 rings (SSSR count). The largest absolute Gasteiger partial charge is 0.395 e. The van der Waals surface area contributed by atoms with Crippen LogP contribution in [0.15, 0.2) is 0 Å². The topological polar surface area (TPSA) is 49.5 Å². The Morgan fingerprint density at radius 2 is 2.46 bits per heavy atom. The highest BCUT2D eigenvalue weighted by Gasteiger charge is 2.27. The summed E-state index contributed by atoms with van der Waals surface area (Å²) < 4.78 is 0. The molecule has 4 heteroatoms. The molecular formula is C9H18N2OS. The highest BCUT2D eigenvalue weighted by molar-refractivity contribution is 7.80. The number of likely N-dealkylation sites (tertiary alicyclic amines) is 1. The number of aliphatic hydroxyl groups is 1. The van der Waals surface area contributed by atoms with Gasteiger partial charge in [0.1, 0.15) is 0 Å². The van der Waals surface area contributed by atoms with Gasteiger partial charge in [-0.2, -0.15) is 0 Å². The van der Waals surface area contributed by atoms with Gasteiger partial charge in [-0.1, -0.05) is 12.2 Å². The minimum atomic E-state index is 0.252. The normalized spacial score (nSPS) is 26.2. The number of aliphatic hydroxyl groups excluding tert-OH is 1. The lowest BCUT2D eigenvalue weighted by molar-refractivity contribution is 0.128. The monoisotopic (exact) mass is 202 g/mol. The van der Waals surface area contributed by atoms with E-state index < -0.39 is 0 Å². The Kier molecular flexibility index (Phi) is 4.09. The van der Waals surface area contributed by atoms with Gasteiger partial charge in [0.15, 0.2) is 0 Å². The lowest BCUT2D eigenvalue weighted by Gasteiger charge is -2.29. The molecule has 3 N–H and O–H groups in total. The van der Waals surface area contributed by atoms with Crippen molar-refractivity contribution in [3.63, 3.8) is 0 Å². The van der Waals surface area contributed by atoms with Crippen molar-refractivity contribution in [1.82, 2.24) is 4.90 Å². The van der Waals surface area contributed by atoms with E-state index in [0.717, 1.165) is 19.4 Å². The zero-order valence-corrected chi connectivity index (χ0v) is 8.89. The minimum Gasteiger partial charge on any atom is -0.395 e. The van der Waals surface area contributed by atoms with Crippen molar-refractivity contribution in [3.05, 3.63) is 0 Å². The molecule has 0 aromatic heterocycles. The Bertz CT molecular complexity index is 186. The van der Waals surface area contributed by atoms with Crippen molar-refractivity contribution < 1.29 is 5.11 Å². The first-order valence-corrected chi connectivity index (χ1v) is 5.21. The highest BCUT2D eigenvalue weighted by atomic mass is 32.1. The Morgan fingerprint density at radius 1 is 1.77 bits per heavy atom. The Balaban J connectivity index is 2.44. The summed E-state index contributed by atoms with van der Waals surface area (Å²) in [7, 11) is 0. The van der Waals surface area contributed by atoms with Crippen molar-refractivity contribution in [2.24, 2.45) is 5.73 Å². The molecule has 1 aliphatic rings. The maximum absolute atomic E-state index is 9.11. The molecular weight excluding hydrogens is 184 g/mol. The third kappa shape index (κ3) is 2.90. The van der Waals surface area contributed by atoms with Gasteiger partial charge in [0.05, 0.1) is 11.6 Å². The van der Waals surface area contributed by atoms with Gasteiger partial charge < -0.3 is 10.8 Å².